The van der Waals surface area contributed by atoms with Gasteiger partial charge in [0.25, 0.3) is 5.91 Å². The van der Waals surface area contributed by atoms with Crippen LogP contribution in [0.15, 0.2) is 73.1 Å². The molecule has 0 aliphatic heterocycles. The summed E-state index contributed by atoms with van der Waals surface area (Å²) >= 11 is 5.84. The van der Waals surface area contributed by atoms with E-state index < -0.39 is 0 Å². The molecule has 0 fully saturated rings. The fourth-order valence-electron chi connectivity index (χ4n) is 2.37. The lowest BCUT2D eigenvalue weighted by atomic mass is 10.0. The van der Waals surface area contributed by atoms with Crippen molar-refractivity contribution in [2.75, 3.05) is 6.61 Å². The van der Waals surface area contributed by atoms with Crippen LogP contribution in [-0.2, 0) is 11.3 Å². The van der Waals surface area contributed by atoms with Crippen molar-refractivity contribution in [3.63, 3.8) is 0 Å². The molecule has 0 saturated heterocycles. The molecule has 3 rings (SSSR count). The third-order valence-electron chi connectivity index (χ3n) is 3.83. The summed E-state index contributed by atoms with van der Waals surface area (Å²) in [4.78, 5) is 28.2. The normalized spacial score (nSPS) is 10.3. The van der Waals surface area contributed by atoms with Crippen LogP contribution in [0.1, 0.15) is 21.5 Å². The number of ether oxygens (including phenoxy) is 1. The number of aromatic nitrogens is 1. The van der Waals surface area contributed by atoms with E-state index in [1.165, 1.54) is 0 Å². The van der Waals surface area contributed by atoms with E-state index in [0.717, 1.165) is 5.56 Å². The first-order valence-corrected chi connectivity index (χ1v) is 8.68. The molecule has 0 spiro atoms. The summed E-state index contributed by atoms with van der Waals surface area (Å²) in [6.07, 6.45) is 3.34. The second-order valence-corrected chi connectivity index (χ2v) is 6.22. The van der Waals surface area contributed by atoms with E-state index >= 15 is 0 Å². The fraction of sp³-hybridized carbons (Fsp3) is 0.0952. The Bertz CT molecular complexity index is 910. The smallest absolute Gasteiger partial charge is 0.258 e. The van der Waals surface area contributed by atoms with Gasteiger partial charge in [-0.15, -0.1) is 0 Å². The summed E-state index contributed by atoms with van der Waals surface area (Å²) in [5, 5.41) is 3.35. The van der Waals surface area contributed by atoms with Gasteiger partial charge in [0.2, 0.25) is 0 Å². The molecule has 0 unspecified atom stereocenters. The van der Waals surface area contributed by atoms with Crippen LogP contribution in [0.5, 0.6) is 5.75 Å². The van der Waals surface area contributed by atoms with Crippen molar-refractivity contribution in [3.8, 4) is 5.75 Å². The summed E-state index contributed by atoms with van der Waals surface area (Å²) in [6, 6.07) is 17.0. The average molecular weight is 381 g/mol. The average Bonchev–Trinajstić information content (AvgIpc) is 2.72. The number of carbonyl (C=O) groups excluding carboxylic acids is 2. The number of hydrogen-bond donors (Lipinski definition) is 1. The number of amides is 1. The molecular formula is C21H17ClN2O3. The molecule has 2 aromatic carbocycles. The highest BCUT2D eigenvalue weighted by molar-refractivity contribution is 6.30. The van der Waals surface area contributed by atoms with Gasteiger partial charge < -0.3 is 10.1 Å². The number of nitrogens with one attached hydrogen (secondary N) is 1. The van der Waals surface area contributed by atoms with E-state index in [-0.39, 0.29) is 18.3 Å². The predicted molar refractivity (Wildman–Crippen MR) is 103 cm³/mol. The number of pyridine rings is 1. The van der Waals surface area contributed by atoms with Crippen molar-refractivity contribution < 1.29 is 14.3 Å². The minimum absolute atomic E-state index is 0.102. The fourth-order valence-corrected chi connectivity index (χ4v) is 2.50. The van der Waals surface area contributed by atoms with Gasteiger partial charge in [0.1, 0.15) is 5.75 Å². The van der Waals surface area contributed by atoms with Gasteiger partial charge >= 0.3 is 0 Å². The summed E-state index contributed by atoms with van der Waals surface area (Å²) in [5.41, 5.74) is 2.05. The van der Waals surface area contributed by atoms with Gasteiger partial charge in [-0.2, -0.15) is 0 Å². The zero-order chi connectivity index (χ0) is 19.1. The van der Waals surface area contributed by atoms with Gasteiger partial charge in [0, 0.05) is 35.1 Å². The van der Waals surface area contributed by atoms with Crippen molar-refractivity contribution >= 4 is 23.3 Å². The summed E-state index contributed by atoms with van der Waals surface area (Å²) in [5.74, 6) is 0.183. The summed E-state index contributed by atoms with van der Waals surface area (Å²) in [7, 11) is 0. The number of benzene rings is 2. The Balaban J connectivity index is 1.50. The molecule has 1 N–H and O–H groups in total. The van der Waals surface area contributed by atoms with Gasteiger partial charge in [-0.3, -0.25) is 14.6 Å². The molecule has 1 amide bonds. The first kappa shape index (κ1) is 18.6. The number of ketones is 1. The Morgan fingerprint density at radius 1 is 0.889 bits per heavy atom. The second-order valence-electron chi connectivity index (χ2n) is 5.78. The maximum atomic E-state index is 12.4. The minimum Gasteiger partial charge on any atom is -0.484 e. The quantitative estimate of drug-likeness (QED) is 0.635. The van der Waals surface area contributed by atoms with Gasteiger partial charge in [0.05, 0.1) is 0 Å². The molecule has 6 heteroatoms. The topological polar surface area (TPSA) is 68.3 Å². The Kier molecular flexibility index (Phi) is 6.18. The number of nitrogens with zero attached hydrogens (tertiary/aromatic N) is 1. The van der Waals surface area contributed by atoms with E-state index in [1.54, 1.807) is 60.9 Å². The van der Waals surface area contributed by atoms with Crippen LogP contribution >= 0.6 is 11.6 Å². The van der Waals surface area contributed by atoms with Crippen molar-refractivity contribution in [1.29, 1.82) is 0 Å². The van der Waals surface area contributed by atoms with E-state index in [4.69, 9.17) is 16.3 Å². The molecule has 0 aliphatic carbocycles. The predicted octanol–water partition coefficient (Wildman–Crippen LogP) is 3.66. The van der Waals surface area contributed by atoms with Crippen molar-refractivity contribution in [2.24, 2.45) is 0 Å². The van der Waals surface area contributed by atoms with Crippen LogP contribution < -0.4 is 10.1 Å². The van der Waals surface area contributed by atoms with E-state index in [0.29, 0.717) is 28.4 Å². The number of hydrogen-bond acceptors (Lipinski definition) is 4. The van der Waals surface area contributed by atoms with E-state index in [9.17, 15) is 9.59 Å². The van der Waals surface area contributed by atoms with Crippen LogP contribution in [0.2, 0.25) is 5.02 Å². The highest BCUT2D eigenvalue weighted by Crippen LogP contribution is 2.17. The van der Waals surface area contributed by atoms with Gasteiger partial charge in [0.15, 0.2) is 12.4 Å². The molecular weight excluding hydrogens is 364 g/mol. The molecule has 0 atom stereocenters. The summed E-state index contributed by atoms with van der Waals surface area (Å²) < 4.78 is 5.46. The number of halogens is 1. The molecule has 136 valence electrons. The maximum absolute atomic E-state index is 12.4. The largest absolute Gasteiger partial charge is 0.484 e. The third kappa shape index (κ3) is 5.39. The molecule has 5 nitrogen and oxygen atoms in total. The van der Waals surface area contributed by atoms with Gasteiger partial charge in [-0.05, 0) is 66.2 Å². The lowest BCUT2D eigenvalue weighted by molar-refractivity contribution is -0.123. The highest BCUT2D eigenvalue weighted by atomic mass is 35.5. The Labute approximate surface area is 162 Å². The van der Waals surface area contributed by atoms with Crippen LogP contribution in [0.25, 0.3) is 0 Å². The van der Waals surface area contributed by atoms with Gasteiger partial charge in [-0.1, -0.05) is 11.6 Å². The minimum atomic E-state index is -0.229. The monoisotopic (exact) mass is 380 g/mol. The molecule has 1 heterocycles. The molecule has 1 aromatic heterocycles. The lowest BCUT2D eigenvalue weighted by Gasteiger charge is -2.08. The Hall–Kier alpha value is -3.18. The SMILES string of the molecule is O=C(COc1ccc(C(=O)c2ccc(Cl)cc2)cc1)NCc1ccncc1. The zero-order valence-electron chi connectivity index (χ0n) is 14.4. The standard InChI is InChI=1S/C21H17ClN2O3/c22-18-5-1-16(2-6-18)21(26)17-3-7-19(8-4-17)27-14-20(25)24-13-15-9-11-23-12-10-15/h1-12H,13-14H2,(H,24,25). The summed E-state index contributed by atoms with van der Waals surface area (Å²) in [6.45, 7) is 0.314. The first-order chi connectivity index (χ1) is 13.1. The van der Waals surface area contributed by atoms with Crippen molar-refractivity contribution in [2.45, 2.75) is 6.54 Å². The van der Waals surface area contributed by atoms with E-state index in [2.05, 4.69) is 10.3 Å². The molecule has 0 radical (unpaired) electrons. The lowest BCUT2D eigenvalue weighted by Crippen LogP contribution is -2.28. The highest BCUT2D eigenvalue weighted by Gasteiger charge is 2.09. The molecule has 3 aromatic rings. The molecule has 27 heavy (non-hydrogen) atoms. The first-order valence-electron chi connectivity index (χ1n) is 8.30. The number of rotatable bonds is 7. The Morgan fingerprint density at radius 3 is 2.11 bits per heavy atom. The molecule has 0 saturated carbocycles. The van der Waals surface area contributed by atoms with Crippen LogP contribution in [0, 0.1) is 0 Å². The van der Waals surface area contributed by atoms with Crippen LogP contribution in [0.4, 0.5) is 0 Å². The molecule has 0 aliphatic rings. The van der Waals surface area contributed by atoms with E-state index in [1.807, 2.05) is 12.1 Å². The van der Waals surface area contributed by atoms with Crippen LogP contribution in [0.3, 0.4) is 0 Å². The number of carbonyl (C=O) groups is 2. The van der Waals surface area contributed by atoms with Gasteiger partial charge in [-0.25, -0.2) is 0 Å². The zero-order valence-corrected chi connectivity index (χ0v) is 15.1. The third-order valence-corrected chi connectivity index (χ3v) is 4.08. The van der Waals surface area contributed by atoms with Crippen molar-refractivity contribution in [3.05, 3.63) is 94.8 Å². The van der Waals surface area contributed by atoms with Crippen molar-refractivity contribution in [1.82, 2.24) is 10.3 Å². The maximum Gasteiger partial charge on any atom is 0.258 e. The second kappa shape index (κ2) is 8.96. The molecule has 0 bridgehead atoms. The van der Waals surface area contributed by atoms with Crippen LogP contribution in [-0.4, -0.2) is 23.3 Å². The Morgan fingerprint density at radius 2 is 1.48 bits per heavy atom.